The van der Waals surface area contributed by atoms with Gasteiger partial charge in [0.2, 0.25) is 0 Å². The van der Waals surface area contributed by atoms with E-state index in [0.717, 1.165) is 22.6 Å². The molecule has 2 aromatic carbocycles. The molecule has 0 radical (unpaired) electrons. The van der Waals surface area contributed by atoms with Crippen LogP contribution in [0.25, 0.3) is 11.1 Å². The average molecular weight is 248 g/mol. The number of nitrogens with two attached hydrogens (primary N) is 1. The zero-order chi connectivity index (χ0) is 12.3. The summed E-state index contributed by atoms with van der Waals surface area (Å²) in [5, 5.41) is 0.683. The fourth-order valence-electron chi connectivity index (χ4n) is 1.68. The van der Waals surface area contributed by atoms with Crippen LogP contribution in [0.4, 0.5) is 5.69 Å². The van der Waals surface area contributed by atoms with E-state index in [1.807, 2.05) is 43.3 Å². The predicted octanol–water partition coefficient (Wildman–Crippen LogP) is 3.99. The normalized spacial score (nSPS) is 10.2. The minimum absolute atomic E-state index is 0.665. The van der Waals surface area contributed by atoms with Crippen molar-refractivity contribution in [2.75, 3.05) is 12.3 Å². The van der Waals surface area contributed by atoms with Crippen LogP contribution in [0, 0.1) is 0 Å². The van der Waals surface area contributed by atoms with Crippen molar-refractivity contribution in [2.24, 2.45) is 0 Å². The van der Waals surface area contributed by atoms with Gasteiger partial charge in [-0.1, -0.05) is 23.7 Å². The number of anilines is 1. The zero-order valence-electron chi connectivity index (χ0n) is 9.61. The van der Waals surface area contributed by atoms with Gasteiger partial charge >= 0.3 is 0 Å². The van der Waals surface area contributed by atoms with Crippen LogP contribution >= 0.6 is 11.6 Å². The van der Waals surface area contributed by atoms with Gasteiger partial charge in [-0.2, -0.15) is 0 Å². The van der Waals surface area contributed by atoms with E-state index in [9.17, 15) is 0 Å². The maximum absolute atomic E-state index is 5.97. The van der Waals surface area contributed by atoms with Gasteiger partial charge in [-0.05, 0) is 42.8 Å². The van der Waals surface area contributed by atoms with E-state index in [4.69, 9.17) is 22.1 Å². The Morgan fingerprint density at radius 2 is 1.82 bits per heavy atom. The van der Waals surface area contributed by atoms with Crippen LogP contribution in [0.2, 0.25) is 5.02 Å². The SMILES string of the molecule is CCOc1ccc(-c2cc(Cl)ccc2N)cc1. The second kappa shape index (κ2) is 5.11. The summed E-state index contributed by atoms with van der Waals surface area (Å²) < 4.78 is 5.39. The Balaban J connectivity index is 2.36. The molecule has 0 fully saturated rings. The molecule has 0 saturated heterocycles. The fraction of sp³-hybridized carbons (Fsp3) is 0.143. The summed E-state index contributed by atoms with van der Waals surface area (Å²) in [4.78, 5) is 0. The maximum Gasteiger partial charge on any atom is 0.119 e. The van der Waals surface area contributed by atoms with Gasteiger partial charge in [0.25, 0.3) is 0 Å². The molecule has 0 aliphatic heterocycles. The van der Waals surface area contributed by atoms with Crippen molar-refractivity contribution < 1.29 is 4.74 Å². The first-order valence-electron chi connectivity index (χ1n) is 5.49. The lowest BCUT2D eigenvalue weighted by atomic mass is 10.0. The molecule has 0 aliphatic rings. The second-order valence-electron chi connectivity index (χ2n) is 3.69. The lowest BCUT2D eigenvalue weighted by molar-refractivity contribution is 0.340. The van der Waals surface area contributed by atoms with E-state index in [-0.39, 0.29) is 0 Å². The van der Waals surface area contributed by atoms with E-state index in [1.54, 1.807) is 6.07 Å². The molecule has 3 heteroatoms. The largest absolute Gasteiger partial charge is 0.494 e. The standard InChI is InChI=1S/C14H14ClNO/c1-2-17-12-6-3-10(4-7-12)13-9-11(15)5-8-14(13)16/h3-9H,2,16H2,1H3. The van der Waals surface area contributed by atoms with Gasteiger partial charge in [0, 0.05) is 16.3 Å². The number of rotatable bonds is 3. The summed E-state index contributed by atoms with van der Waals surface area (Å²) in [6.07, 6.45) is 0. The number of ether oxygens (including phenoxy) is 1. The molecule has 0 atom stereocenters. The summed E-state index contributed by atoms with van der Waals surface area (Å²) in [5.41, 5.74) is 8.63. The van der Waals surface area contributed by atoms with Crippen molar-refractivity contribution >= 4 is 17.3 Å². The first-order valence-corrected chi connectivity index (χ1v) is 5.86. The van der Waals surface area contributed by atoms with E-state index >= 15 is 0 Å². The van der Waals surface area contributed by atoms with Gasteiger partial charge in [0.1, 0.15) is 5.75 Å². The summed E-state index contributed by atoms with van der Waals surface area (Å²) in [5.74, 6) is 0.858. The van der Waals surface area contributed by atoms with Crippen LogP contribution in [-0.2, 0) is 0 Å². The number of benzene rings is 2. The summed E-state index contributed by atoms with van der Waals surface area (Å²) in [7, 11) is 0. The average Bonchev–Trinajstić information content (AvgIpc) is 2.34. The molecule has 2 nitrogen and oxygen atoms in total. The van der Waals surface area contributed by atoms with Crippen LogP contribution in [0.15, 0.2) is 42.5 Å². The molecule has 17 heavy (non-hydrogen) atoms. The lowest BCUT2D eigenvalue weighted by Gasteiger charge is -2.08. The smallest absolute Gasteiger partial charge is 0.119 e. The Morgan fingerprint density at radius 1 is 1.12 bits per heavy atom. The Morgan fingerprint density at radius 3 is 2.47 bits per heavy atom. The Labute approximate surface area is 106 Å². The monoisotopic (exact) mass is 247 g/mol. The van der Waals surface area contributed by atoms with Gasteiger partial charge in [-0.25, -0.2) is 0 Å². The molecule has 2 rings (SSSR count). The van der Waals surface area contributed by atoms with Crippen LogP contribution < -0.4 is 10.5 Å². The maximum atomic E-state index is 5.97. The molecular formula is C14H14ClNO. The van der Waals surface area contributed by atoms with Gasteiger partial charge in [-0.3, -0.25) is 0 Å². The lowest BCUT2D eigenvalue weighted by Crippen LogP contribution is -1.92. The third kappa shape index (κ3) is 2.71. The van der Waals surface area contributed by atoms with Crippen LogP contribution in [0.3, 0.4) is 0 Å². The van der Waals surface area contributed by atoms with Crippen LogP contribution in [0.1, 0.15) is 6.92 Å². The number of nitrogen functional groups attached to an aromatic ring is 1. The highest BCUT2D eigenvalue weighted by atomic mass is 35.5. The molecular weight excluding hydrogens is 234 g/mol. The summed E-state index contributed by atoms with van der Waals surface area (Å²) in [6, 6.07) is 13.3. The van der Waals surface area contributed by atoms with Gasteiger partial charge < -0.3 is 10.5 Å². The Kier molecular flexibility index (Phi) is 3.55. The topological polar surface area (TPSA) is 35.2 Å². The molecule has 0 bridgehead atoms. The zero-order valence-corrected chi connectivity index (χ0v) is 10.4. The number of hydrogen-bond acceptors (Lipinski definition) is 2. The highest BCUT2D eigenvalue weighted by Gasteiger charge is 2.03. The Hall–Kier alpha value is -1.67. The highest BCUT2D eigenvalue weighted by molar-refractivity contribution is 6.31. The summed E-state index contributed by atoms with van der Waals surface area (Å²) >= 11 is 5.97. The third-order valence-electron chi connectivity index (χ3n) is 2.49. The number of halogens is 1. The van der Waals surface area contributed by atoms with E-state index in [2.05, 4.69) is 0 Å². The Bertz CT molecular complexity index is 508. The van der Waals surface area contributed by atoms with E-state index < -0.39 is 0 Å². The van der Waals surface area contributed by atoms with Crippen molar-refractivity contribution in [3.8, 4) is 16.9 Å². The van der Waals surface area contributed by atoms with Crippen LogP contribution in [-0.4, -0.2) is 6.61 Å². The molecule has 2 aromatic rings. The van der Waals surface area contributed by atoms with Crippen molar-refractivity contribution in [1.82, 2.24) is 0 Å². The first kappa shape index (κ1) is 11.8. The minimum Gasteiger partial charge on any atom is -0.494 e. The van der Waals surface area contributed by atoms with Crippen molar-refractivity contribution in [3.63, 3.8) is 0 Å². The van der Waals surface area contributed by atoms with Gasteiger partial charge in [0.05, 0.1) is 6.61 Å². The first-order chi connectivity index (χ1) is 8.20. The van der Waals surface area contributed by atoms with Crippen LogP contribution in [0.5, 0.6) is 5.75 Å². The van der Waals surface area contributed by atoms with Crippen molar-refractivity contribution in [2.45, 2.75) is 6.92 Å². The highest BCUT2D eigenvalue weighted by Crippen LogP contribution is 2.29. The molecule has 0 spiro atoms. The van der Waals surface area contributed by atoms with Crippen molar-refractivity contribution in [1.29, 1.82) is 0 Å². The fourth-order valence-corrected chi connectivity index (χ4v) is 1.85. The quantitative estimate of drug-likeness (QED) is 0.833. The predicted molar refractivity (Wildman–Crippen MR) is 72.5 cm³/mol. The molecule has 0 aliphatic carbocycles. The minimum atomic E-state index is 0.665. The van der Waals surface area contributed by atoms with E-state index in [1.165, 1.54) is 0 Å². The number of hydrogen-bond donors (Lipinski definition) is 1. The van der Waals surface area contributed by atoms with Crippen molar-refractivity contribution in [3.05, 3.63) is 47.5 Å². The second-order valence-corrected chi connectivity index (χ2v) is 4.13. The molecule has 0 heterocycles. The molecule has 0 amide bonds. The molecule has 0 unspecified atom stereocenters. The van der Waals surface area contributed by atoms with Gasteiger partial charge in [-0.15, -0.1) is 0 Å². The molecule has 0 aromatic heterocycles. The third-order valence-corrected chi connectivity index (χ3v) is 2.73. The van der Waals surface area contributed by atoms with E-state index in [0.29, 0.717) is 11.6 Å². The molecule has 0 saturated carbocycles. The molecule has 88 valence electrons. The molecule has 2 N–H and O–H groups in total. The van der Waals surface area contributed by atoms with Gasteiger partial charge in [0.15, 0.2) is 0 Å². The summed E-state index contributed by atoms with van der Waals surface area (Å²) in [6.45, 7) is 2.63.